The molecule has 0 fully saturated rings. The van der Waals surface area contributed by atoms with Crippen LogP contribution in [-0.4, -0.2) is 12.3 Å². The lowest BCUT2D eigenvalue weighted by molar-refractivity contribution is 0.568. The van der Waals surface area contributed by atoms with Gasteiger partial charge in [-0.2, -0.15) is 0 Å². The molecule has 0 radical (unpaired) electrons. The summed E-state index contributed by atoms with van der Waals surface area (Å²) in [5.74, 6) is 0. The van der Waals surface area contributed by atoms with Gasteiger partial charge in [-0.15, -0.1) is 11.8 Å². The first-order chi connectivity index (χ1) is 10.3. The van der Waals surface area contributed by atoms with Crippen LogP contribution < -0.4 is 5.32 Å². The van der Waals surface area contributed by atoms with Gasteiger partial charge in [0.2, 0.25) is 0 Å². The maximum absolute atomic E-state index is 3.54. The third kappa shape index (κ3) is 3.17. The fraction of sp³-hybridized carbons (Fsp3) is 0.368. The summed E-state index contributed by atoms with van der Waals surface area (Å²) in [5, 5.41) is 4.13. The van der Waals surface area contributed by atoms with Gasteiger partial charge in [0.05, 0.1) is 0 Å². The number of hydrogen-bond acceptors (Lipinski definition) is 2. The average molecular weight is 297 g/mol. The van der Waals surface area contributed by atoms with Crippen LogP contribution in [0.3, 0.4) is 0 Å². The highest BCUT2D eigenvalue weighted by molar-refractivity contribution is 8.00. The predicted molar refractivity (Wildman–Crippen MR) is 92.0 cm³/mol. The molecule has 2 aromatic rings. The SMILES string of the molecule is CCCc1cccc(C(NC)C2Cc3ccccc3S2)c1. The summed E-state index contributed by atoms with van der Waals surface area (Å²) < 4.78 is 0. The van der Waals surface area contributed by atoms with Gasteiger partial charge >= 0.3 is 0 Å². The second-order valence-corrected chi connectivity index (χ2v) is 7.01. The van der Waals surface area contributed by atoms with Crippen molar-refractivity contribution in [3.05, 3.63) is 65.2 Å². The van der Waals surface area contributed by atoms with Gasteiger partial charge in [-0.3, -0.25) is 0 Å². The van der Waals surface area contributed by atoms with Crippen LogP contribution in [-0.2, 0) is 12.8 Å². The van der Waals surface area contributed by atoms with Gasteiger partial charge in [0.15, 0.2) is 0 Å². The lowest BCUT2D eigenvalue weighted by Crippen LogP contribution is -2.27. The summed E-state index contributed by atoms with van der Waals surface area (Å²) in [4.78, 5) is 1.45. The third-order valence-electron chi connectivity index (χ3n) is 4.20. The molecule has 1 heterocycles. The highest BCUT2D eigenvalue weighted by Gasteiger charge is 2.29. The van der Waals surface area contributed by atoms with Gasteiger partial charge in [0.1, 0.15) is 0 Å². The van der Waals surface area contributed by atoms with Crippen molar-refractivity contribution >= 4 is 11.8 Å². The van der Waals surface area contributed by atoms with E-state index in [2.05, 4.69) is 67.8 Å². The van der Waals surface area contributed by atoms with E-state index in [1.807, 2.05) is 11.8 Å². The topological polar surface area (TPSA) is 12.0 Å². The van der Waals surface area contributed by atoms with E-state index in [0.717, 1.165) is 6.42 Å². The van der Waals surface area contributed by atoms with Gasteiger partial charge in [-0.05, 0) is 42.6 Å². The van der Waals surface area contributed by atoms with E-state index in [9.17, 15) is 0 Å². The number of hydrogen-bond donors (Lipinski definition) is 1. The van der Waals surface area contributed by atoms with Gasteiger partial charge < -0.3 is 5.32 Å². The van der Waals surface area contributed by atoms with Crippen LogP contribution in [0.25, 0.3) is 0 Å². The van der Waals surface area contributed by atoms with Crippen LogP contribution in [0.1, 0.15) is 36.1 Å². The standard InChI is InChI=1S/C19H23NS/c1-3-7-14-8-6-10-16(12-14)19(20-2)18-13-15-9-4-5-11-17(15)21-18/h4-6,8-12,18-20H,3,7,13H2,1-2H3. The van der Waals surface area contributed by atoms with E-state index in [0.29, 0.717) is 11.3 Å². The first kappa shape index (κ1) is 14.7. The van der Waals surface area contributed by atoms with E-state index >= 15 is 0 Å². The van der Waals surface area contributed by atoms with Crippen molar-refractivity contribution in [2.45, 2.75) is 42.4 Å². The van der Waals surface area contributed by atoms with Gasteiger partial charge in [0, 0.05) is 16.2 Å². The molecule has 0 amide bonds. The maximum atomic E-state index is 3.54. The molecule has 0 aliphatic carbocycles. The number of rotatable bonds is 5. The van der Waals surface area contributed by atoms with Crippen LogP contribution in [0, 0.1) is 0 Å². The number of aryl methyl sites for hydroxylation is 1. The molecule has 2 heteroatoms. The summed E-state index contributed by atoms with van der Waals surface area (Å²) in [6.07, 6.45) is 3.53. The van der Waals surface area contributed by atoms with Crippen molar-refractivity contribution in [3.63, 3.8) is 0 Å². The summed E-state index contributed by atoms with van der Waals surface area (Å²) in [5.41, 5.74) is 4.38. The molecular formula is C19H23NS. The minimum Gasteiger partial charge on any atom is -0.312 e. The van der Waals surface area contributed by atoms with Crippen molar-refractivity contribution in [2.24, 2.45) is 0 Å². The Morgan fingerprint density at radius 2 is 2.05 bits per heavy atom. The second-order valence-electron chi connectivity index (χ2n) is 5.73. The van der Waals surface area contributed by atoms with Crippen molar-refractivity contribution in [3.8, 4) is 0 Å². The zero-order chi connectivity index (χ0) is 14.7. The molecule has 0 aromatic heterocycles. The Balaban J connectivity index is 1.82. The third-order valence-corrected chi connectivity index (χ3v) is 5.60. The van der Waals surface area contributed by atoms with E-state index in [-0.39, 0.29) is 0 Å². The Kier molecular flexibility index (Phi) is 4.67. The fourth-order valence-corrected chi connectivity index (χ4v) is 4.67. The zero-order valence-corrected chi connectivity index (χ0v) is 13.6. The molecule has 0 saturated carbocycles. The summed E-state index contributed by atoms with van der Waals surface area (Å²) in [6, 6.07) is 18.3. The summed E-state index contributed by atoms with van der Waals surface area (Å²) >= 11 is 2.02. The van der Waals surface area contributed by atoms with E-state index in [1.54, 1.807) is 0 Å². The lowest BCUT2D eigenvalue weighted by Gasteiger charge is -2.23. The molecule has 0 spiro atoms. The maximum Gasteiger partial charge on any atom is 0.0445 e. The van der Waals surface area contributed by atoms with E-state index in [4.69, 9.17) is 0 Å². The van der Waals surface area contributed by atoms with Crippen LogP contribution >= 0.6 is 11.8 Å². The van der Waals surface area contributed by atoms with Crippen molar-refractivity contribution < 1.29 is 0 Å². The van der Waals surface area contributed by atoms with E-state index in [1.165, 1.54) is 34.4 Å². The molecule has 1 N–H and O–H groups in total. The number of thioether (sulfide) groups is 1. The molecule has 21 heavy (non-hydrogen) atoms. The number of nitrogens with one attached hydrogen (secondary N) is 1. The molecule has 1 nitrogen and oxygen atoms in total. The molecule has 0 saturated heterocycles. The molecule has 2 aromatic carbocycles. The molecule has 2 unspecified atom stereocenters. The molecule has 110 valence electrons. The Bertz CT molecular complexity index is 583. The largest absolute Gasteiger partial charge is 0.312 e. The highest BCUT2D eigenvalue weighted by Crippen LogP contribution is 2.42. The zero-order valence-electron chi connectivity index (χ0n) is 12.8. The summed E-state index contributed by atoms with van der Waals surface area (Å²) in [7, 11) is 2.08. The molecule has 3 rings (SSSR count). The smallest absolute Gasteiger partial charge is 0.0445 e. The quantitative estimate of drug-likeness (QED) is 0.864. The predicted octanol–water partition coefficient (Wildman–Crippen LogP) is 4.62. The second kappa shape index (κ2) is 6.67. The molecule has 1 aliphatic heterocycles. The van der Waals surface area contributed by atoms with Crippen molar-refractivity contribution in [1.29, 1.82) is 0 Å². The molecule has 0 bridgehead atoms. The Morgan fingerprint density at radius 1 is 1.19 bits per heavy atom. The lowest BCUT2D eigenvalue weighted by atomic mass is 9.96. The first-order valence-electron chi connectivity index (χ1n) is 7.82. The number of fused-ring (bicyclic) bond motifs is 1. The average Bonchev–Trinajstić information content (AvgIpc) is 2.92. The van der Waals surface area contributed by atoms with Gasteiger partial charge in [-0.1, -0.05) is 55.8 Å². The summed E-state index contributed by atoms with van der Waals surface area (Å²) in [6.45, 7) is 2.24. The number of benzene rings is 2. The van der Waals surface area contributed by atoms with Crippen molar-refractivity contribution in [1.82, 2.24) is 5.32 Å². The molecular weight excluding hydrogens is 274 g/mol. The van der Waals surface area contributed by atoms with Gasteiger partial charge in [0.25, 0.3) is 0 Å². The normalized spacial score (nSPS) is 18.5. The Hall–Kier alpha value is -1.25. The molecule has 2 atom stereocenters. The Morgan fingerprint density at radius 3 is 2.81 bits per heavy atom. The fourth-order valence-electron chi connectivity index (χ4n) is 3.19. The van der Waals surface area contributed by atoms with Gasteiger partial charge in [-0.25, -0.2) is 0 Å². The minimum absolute atomic E-state index is 0.416. The van der Waals surface area contributed by atoms with Crippen LogP contribution in [0.5, 0.6) is 0 Å². The minimum atomic E-state index is 0.416. The highest BCUT2D eigenvalue weighted by atomic mass is 32.2. The van der Waals surface area contributed by atoms with Crippen LogP contribution in [0.15, 0.2) is 53.4 Å². The first-order valence-corrected chi connectivity index (χ1v) is 8.70. The van der Waals surface area contributed by atoms with Crippen LogP contribution in [0.4, 0.5) is 0 Å². The van der Waals surface area contributed by atoms with Crippen LogP contribution in [0.2, 0.25) is 0 Å². The monoisotopic (exact) mass is 297 g/mol. The molecule has 1 aliphatic rings. The van der Waals surface area contributed by atoms with E-state index < -0.39 is 0 Å². The Labute approximate surface area is 132 Å². The van der Waals surface area contributed by atoms with Crippen molar-refractivity contribution in [2.75, 3.05) is 7.05 Å².